The minimum Gasteiger partial charge on any atom is -0.310 e. The van der Waals surface area contributed by atoms with E-state index in [0.29, 0.717) is 0 Å². The van der Waals surface area contributed by atoms with Gasteiger partial charge in [-0.25, -0.2) is 0 Å². The molecule has 0 aromatic heterocycles. The van der Waals surface area contributed by atoms with Gasteiger partial charge in [-0.05, 0) is 115 Å². The highest BCUT2D eigenvalue weighted by atomic mass is 15.1. The van der Waals surface area contributed by atoms with Gasteiger partial charge < -0.3 is 4.90 Å². The Kier molecular flexibility index (Phi) is 5.18. The largest absolute Gasteiger partial charge is 0.310 e. The van der Waals surface area contributed by atoms with Crippen molar-refractivity contribution in [3.63, 3.8) is 0 Å². The van der Waals surface area contributed by atoms with E-state index in [2.05, 4.69) is 157 Å². The van der Waals surface area contributed by atoms with Crippen molar-refractivity contribution in [2.24, 2.45) is 0 Å². The number of hydrogen-bond acceptors (Lipinski definition) is 1. The Morgan fingerprint density at radius 1 is 0.444 bits per heavy atom. The molecule has 0 N–H and O–H groups in total. The van der Waals surface area contributed by atoms with E-state index >= 15 is 0 Å². The fourth-order valence-electron chi connectivity index (χ4n) is 8.05. The fourth-order valence-corrected chi connectivity index (χ4v) is 8.05. The van der Waals surface area contributed by atoms with Gasteiger partial charge in [-0.3, -0.25) is 0 Å². The predicted molar refractivity (Wildman–Crippen MR) is 191 cm³/mol. The van der Waals surface area contributed by atoms with E-state index in [1.54, 1.807) is 0 Å². The van der Waals surface area contributed by atoms with Gasteiger partial charge in [0, 0.05) is 16.8 Å². The van der Waals surface area contributed by atoms with Crippen molar-refractivity contribution in [2.75, 3.05) is 4.90 Å². The van der Waals surface area contributed by atoms with E-state index in [0.717, 1.165) is 24.2 Å². The monoisotopic (exact) mass is 571 g/mol. The second-order valence-electron chi connectivity index (χ2n) is 12.4. The Balaban J connectivity index is 1.28. The minimum atomic E-state index is 1.07. The molecule has 7 aromatic rings. The highest BCUT2D eigenvalue weighted by Gasteiger charge is 2.32. The molecule has 3 aliphatic rings. The van der Waals surface area contributed by atoms with Crippen LogP contribution in [0.15, 0.2) is 152 Å². The van der Waals surface area contributed by atoms with Gasteiger partial charge in [-0.2, -0.15) is 0 Å². The Hall–Kier alpha value is -5.66. The third-order valence-corrected chi connectivity index (χ3v) is 10.0. The van der Waals surface area contributed by atoms with E-state index in [1.165, 1.54) is 82.9 Å². The SMILES string of the molecule is C1=CC2=C(CC1)c1cccc3c1-c1cc(N(c4ccc5ccccc5c4)c4cccc5ccccc45)ccc1-c1cccc-3c12. The number of hydrogen-bond donors (Lipinski definition) is 0. The third-order valence-electron chi connectivity index (χ3n) is 10.0. The molecule has 0 spiro atoms. The van der Waals surface area contributed by atoms with Gasteiger partial charge in [0.05, 0.1) is 5.69 Å². The average molecular weight is 572 g/mol. The first-order valence-electron chi connectivity index (χ1n) is 15.9. The van der Waals surface area contributed by atoms with Crippen LogP contribution in [0.1, 0.15) is 24.0 Å². The van der Waals surface area contributed by atoms with Gasteiger partial charge in [0.25, 0.3) is 0 Å². The molecule has 3 aliphatic carbocycles. The number of allylic oxidation sites excluding steroid dienone is 4. The summed E-state index contributed by atoms with van der Waals surface area (Å²) in [5.74, 6) is 0. The van der Waals surface area contributed by atoms with Crippen molar-refractivity contribution in [3.05, 3.63) is 163 Å². The van der Waals surface area contributed by atoms with Crippen LogP contribution in [-0.2, 0) is 0 Å². The zero-order valence-corrected chi connectivity index (χ0v) is 24.8. The van der Waals surface area contributed by atoms with Crippen LogP contribution in [0.4, 0.5) is 17.1 Å². The Morgan fingerprint density at radius 3 is 2.00 bits per heavy atom. The molecule has 0 unspecified atom stereocenters. The van der Waals surface area contributed by atoms with Crippen LogP contribution >= 0.6 is 0 Å². The maximum Gasteiger partial charge on any atom is 0.0540 e. The number of rotatable bonds is 3. The lowest BCUT2D eigenvalue weighted by Gasteiger charge is -2.29. The highest BCUT2D eigenvalue weighted by molar-refractivity contribution is 6.16. The molecular weight excluding hydrogens is 542 g/mol. The second kappa shape index (κ2) is 9.42. The van der Waals surface area contributed by atoms with Crippen molar-refractivity contribution in [3.8, 4) is 33.4 Å². The molecule has 1 nitrogen and oxygen atoms in total. The summed E-state index contributed by atoms with van der Waals surface area (Å²) >= 11 is 0. The predicted octanol–water partition coefficient (Wildman–Crippen LogP) is 12.4. The molecule has 10 rings (SSSR count). The van der Waals surface area contributed by atoms with Crippen LogP contribution in [-0.4, -0.2) is 0 Å². The lowest BCUT2D eigenvalue weighted by molar-refractivity contribution is 1.06. The normalized spacial score (nSPS) is 13.9. The minimum absolute atomic E-state index is 1.07. The van der Waals surface area contributed by atoms with Gasteiger partial charge >= 0.3 is 0 Å². The first-order valence-corrected chi connectivity index (χ1v) is 15.9. The quantitative estimate of drug-likeness (QED) is 0.204. The molecule has 6 bridgehead atoms. The van der Waals surface area contributed by atoms with Crippen LogP contribution in [0.2, 0.25) is 0 Å². The zero-order chi connectivity index (χ0) is 29.5. The summed E-state index contributed by atoms with van der Waals surface area (Å²) in [6.07, 6.45) is 6.89. The molecule has 0 radical (unpaired) electrons. The molecule has 0 saturated heterocycles. The summed E-state index contributed by atoms with van der Waals surface area (Å²) < 4.78 is 0. The van der Waals surface area contributed by atoms with E-state index in [1.807, 2.05) is 0 Å². The number of fused-ring (bicyclic) bond motifs is 5. The Labute approximate surface area is 263 Å². The van der Waals surface area contributed by atoms with Gasteiger partial charge in [-0.1, -0.05) is 121 Å². The van der Waals surface area contributed by atoms with E-state index in [4.69, 9.17) is 0 Å². The fraction of sp³-hybridized carbons (Fsp3) is 0.0455. The summed E-state index contributed by atoms with van der Waals surface area (Å²) in [5.41, 5.74) is 17.2. The molecule has 0 saturated carbocycles. The van der Waals surface area contributed by atoms with Gasteiger partial charge in [0.15, 0.2) is 0 Å². The summed E-state index contributed by atoms with van der Waals surface area (Å²) in [5, 5.41) is 4.97. The Morgan fingerprint density at radius 2 is 1.11 bits per heavy atom. The smallest absolute Gasteiger partial charge is 0.0540 e. The van der Waals surface area contributed by atoms with E-state index in [-0.39, 0.29) is 0 Å². The van der Waals surface area contributed by atoms with Crippen LogP contribution in [0.3, 0.4) is 0 Å². The van der Waals surface area contributed by atoms with E-state index in [9.17, 15) is 0 Å². The molecule has 0 heterocycles. The van der Waals surface area contributed by atoms with Crippen molar-refractivity contribution in [1.29, 1.82) is 0 Å². The number of benzene rings is 7. The first-order chi connectivity index (χ1) is 22.3. The average Bonchev–Trinajstić information content (AvgIpc) is 3.21. The molecule has 210 valence electrons. The third kappa shape index (κ3) is 3.56. The highest BCUT2D eigenvalue weighted by Crippen LogP contribution is 2.56. The van der Waals surface area contributed by atoms with Crippen LogP contribution in [0.5, 0.6) is 0 Å². The molecule has 45 heavy (non-hydrogen) atoms. The summed E-state index contributed by atoms with van der Waals surface area (Å²) in [7, 11) is 0. The van der Waals surface area contributed by atoms with Crippen molar-refractivity contribution in [2.45, 2.75) is 12.8 Å². The standard InChI is InChI=1S/C44H29N/c1-2-12-30-26-31(23-22-28(30)10-1)45(42-21-7-13-29-11-3-4-14-33(29)42)32-24-25-35-38-18-9-19-39-40-20-8-17-37(44(40)41(35)27-32)34-15-5-6-16-36(34)43(38)39/h1-4,6-14,16-27H,5,15H2. The topological polar surface area (TPSA) is 3.24 Å². The van der Waals surface area contributed by atoms with Crippen LogP contribution in [0, 0.1) is 0 Å². The van der Waals surface area contributed by atoms with E-state index < -0.39 is 0 Å². The molecule has 0 atom stereocenters. The summed E-state index contributed by atoms with van der Waals surface area (Å²) in [6, 6.07) is 51.9. The Bertz CT molecular complexity index is 2430. The van der Waals surface area contributed by atoms with Crippen LogP contribution in [0.25, 0.3) is 66.1 Å². The zero-order valence-electron chi connectivity index (χ0n) is 24.8. The lowest BCUT2D eigenvalue weighted by atomic mass is 9.80. The molecule has 0 aliphatic heterocycles. The van der Waals surface area contributed by atoms with Crippen molar-refractivity contribution < 1.29 is 0 Å². The molecular formula is C44H29N. The van der Waals surface area contributed by atoms with Gasteiger partial charge in [0.1, 0.15) is 0 Å². The summed E-state index contributed by atoms with van der Waals surface area (Å²) in [6.45, 7) is 0. The molecule has 7 aromatic carbocycles. The molecule has 0 fully saturated rings. The lowest BCUT2D eigenvalue weighted by Crippen LogP contribution is -2.11. The molecule has 0 amide bonds. The van der Waals surface area contributed by atoms with Crippen molar-refractivity contribution in [1.82, 2.24) is 0 Å². The number of nitrogens with zero attached hydrogens (tertiary/aromatic N) is 1. The number of anilines is 3. The van der Waals surface area contributed by atoms with Crippen molar-refractivity contribution >= 4 is 49.8 Å². The maximum absolute atomic E-state index is 2.46. The van der Waals surface area contributed by atoms with Gasteiger partial charge in [-0.15, -0.1) is 0 Å². The first kappa shape index (κ1) is 24.7. The van der Waals surface area contributed by atoms with Crippen LogP contribution < -0.4 is 4.90 Å². The van der Waals surface area contributed by atoms with Gasteiger partial charge in [0.2, 0.25) is 0 Å². The second-order valence-corrected chi connectivity index (χ2v) is 12.4. The summed E-state index contributed by atoms with van der Waals surface area (Å²) in [4.78, 5) is 2.46. The molecule has 1 heteroatoms. The maximum atomic E-state index is 2.46.